The lowest BCUT2D eigenvalue weighted by Crippen LogP contribution is -2.54. The van der Waals surface area contributed by atoms with E-state index in [4.69, 9.17) is 17.8 Å². The zero-order valence-corrected chi connectivity index (χ0v) is 21.6. The van der Waals surface area contributed by atoms with Gasteiger partial charge in [-0.1, -0.05) is 38.5 Å². The quantitative estimate of drug-likeness (QED) is 0.325. The maximum Gasteiger partial charge on any atom is 0.333 e. The van der Waals surface area contributed by atoms with E-state index in [1.54, 1.807) is 39.8 Å². The SMILES string of the molecule is C/C=C(/C)C(=O)O[C@H]1CC(C)=C[C@@H](OC(=O)/C(C)=C\C)[C@]2(C)[C@@H]1[C@]1(C(C)C)C[C@H]2OS(=O)O1. The van der Waals surface area contributed by atoms with Gasteiger partial charge in [-0.3, -0.25) is 8.37 Å². The zero-order chi connectivity index (χ0) is 24.7. The van der Waals surface area contributed by atoms with Gasteiger partial charge in [0.05, 0.1) is 11.7 Å². The molecular formula is C25H36O7S. The smallest absolute Gasteiger partial charge is 0.333 e. The summed E-state index contributed by atoms with van der Waals surface area (Å²) in [6.45, 7) is 14.9. The summed E-state index contributed by atoms with van der Waals surface area (Å²) >= 11 is -1.96. The Morgan fingerprint density at radius 1 is 1.15 bits per heavy atom. The van der Waals surface area contributed by atoms with E-state index in [0.717, 1.165) is 5.57 Å². The standard InChI is InChI=1S/C25H36O7S/c1-9-16(6)22(26)29-18-11-15(5)12-19(30-23(27)17(7)10-2)24(8)20-13-25(14(3)4,21(18)24)32-33(28)31-20/h9-10,12,14,18-21H,11,13H2,1-8H3/b16-9-,17-10-/t18-,19+,20+,21+,24-,25+,33?/m0/s1. The highest BCUT2D eigenvalue weighted by Gasteiger charge is 2.72. The molecule has 184 valence electrons. The van der Waals surface area contributed by atoms with Gasteiger partial charge in [-0.2, -0.15) is 4.21 Å². The summed E-state index contributed by atoms with van der Waals surface area (Å²) < 4.78 is 36.6. The van der Waals surface area contributed by atoms with Crippen molar-refractivity contribution in [3.05, 3.63) is 34.9 Å². The van der Waals surface area contributed by atoms with Crippen LogP contribution in [0.1, 0.15) is 68.2 Å². The van der Waals surface area contributed by atoms with Crippen molar-refractivity contribution in [1.82, 2.24) is 0 Å². The summed E-state index contributed by atoms with van der Waals surface area (Å²) in [5.41, 5.74) is 0.255. The molecule has 7 nitrogen and oxygen atoms in total. The van der Waals surface area contributed by atoms with Crippen LogP contribution in [0.2, 0.25) is 0 Å². The van der Waals surface area contributed by atoms with Crippen LogP contribution in [0.25, 0.3) is 0 Å². The van der Waals surface area contributed by atoms with Crippen molar-refractivity contribution < 1.29 is 31.6 Å². The molecule has 1 unspecified atom stereocenters. The van der Waals surface area contributed by atoms with Gasteiger partial charge in [0.15, 0.2) is 0 Å². The zero-order valence-electron chi connectivity index (χ0n) is 20.8. The topological polar surface area (TPSA) is 88.1 Å². The summed E-state index contributed by atoms with van der Waals surface area (Å²) in [5.74, 6) is -1.28. The van der Waals surface area contributed by atoms with Crippen molar-refractivity contribution in [3.63, 3.8) is 0 Å². The summed E-state index contributed by atoms with van der Waals surface area (Å²) in [7, 11) is 0. The lowest BCUT2D eigenvalue weighted by atomic mass is 9.66. The number of rotatable bonds is 5. The third-order valence-corrected chi connectivity index (χ3v) is 8.57. The molecule has 2 fully saturated rings. The Labute approximate surface area is 199 Å². The molecule has 3 rings (SSSR count). The normalized spacial score (nSPS) is 38.9. The Kier molecular flexibility index (Phi) is 7.42. The molecule has 0 aromatic carbocycles. The number of esters is 2. The number of hydrogen-bond acceptors (Lipinski definition) is 7. The molecule has 0 aromatic rings. The third kappa shape index (κ3) is 4.37. The van der Waals surface area contributed by atoms with Gasteiger partial charge in [0.2, 0.25) is 0 Å². The van der Waals surface area contributed by atoms with Crippen LogP contribution in [-0.4, -0.2) is 40.1 Å². The molecule has 1 aliphatic heterocycles. The Balaban J connectivity index is 2.17. The van der Waals surface area contributed by atoms with Crippen LogP contribution in [0, 0.1) is 17.3 Å². The molecule has 3 aliphatic rings. The van der Waals surface area contributed by atoms with Crippen LogP contribution in [0.4, 0.5) is 0 Å². The van der Waals surface area contributed by atoms with Crippen molar-refractivity contribution in [2.45, 2.75) is 92.1 Å². The maximum atomic E-state index is 12.8. The van der Waals surface area contributed by atoms with Gasteiger partial charge in [0.25, 0.3) is 0 Å². The van der Waals surface area contributed by atoms with Gasteiger partial charge >= 0.3 is 23.3 Å². The molecule has 0 radical (unpaired) electrons. The average molecular weight is 481 g/mol. The summed E-state index contributed by atoms with van der Waals surface area (Å²) in [4.78, 5) is 25.6. The molecule has 2 bridgehead atoms. The van der Waals surface area contributed by atoms with Gasteiger partial charge in [0.1, 0.15) is 12.2 Å². The highest BCUT2D eigenvalue weighted by Crippen LogP contribution is 2.63. The van der Waals surface area contributed by atoms with E-state index in [1.165, 1.54) is 0 Å². The minimum absolute atomic E-state index is 0.0456. The first-order valence-electron chi connectivity index (χ1n) is 11.5. The Hall–Kier alpha value is -1.77. The largest absolute Gasteiger partial charge is 0.458 e. The van der Waals surface area contributed by atoms with E-state index in [-0.39, 0.29) is 5.92 Å². The van der Waals surface area contributed by atoms with E-state index < -0.39 is 58.5 Å². The molecule has 0 amide bonds. The number of ether oxygens (including phenoxy) is 2. The number of hydrogen-bond donors (Lipinski definition) is 0. The molecule has 8 heteroatoms. The van der Waals surface area contributed by atoms with Gasteiger partial charge in [-0.15, -0.1) is 0 Å². The predicted octanol–water partition coefficient (Wildman–Crippen LogP) is 4.51. The van der Waals surface area contributed by atoms with Crippen LogP contribution in [-0.2, 0) is 38.8 Å². The molecule has 0 N–H and O–H groups in total. The molecule has 0 aromatic heterocycles. The summed E-state index contributed by atoms with van der Waals surface area (Å²) in [6.07, 6.45) is 4.53. The second-order valence-electron chi connectivity index (χ2n) is 9.96. The van der Waals surface area contributed by atoms with Gasteiger partial charge in [-0.05, 0) is 46.6 Å². The van der Waals surface area contributed by atoms with Crippen LogP contribution in [0.3, 0.4) is 0 Å². The molecule has 0 spiro atoms. The van der Waals surface area contributed by atoms with Crippen molar-refractivity contribution in [3.8, 4) is 0 Å². The molecule has 1 heterocycles. The summed E-state index contributed by atoms with van der Waals surface area (Å²) in [6, 6.07) is 0. The average Bonchev–Trinajstić information content (AvgIpc) is 2.87. The lowest BCUT2D eigenvalue weighted by Gasteiger charge is -2.45. The number of carbonyl (C=O) groups is 2. The first-order chi connectivity index (χ1) is 15.4. The predicted molar refractivity (Wildman–Crippen MR) is 125 cm³/mol. The van der Waals surface area contributed by atoms with E-state index in [0.29, 0.717) is 24.0 Å². The van der Waals surface area contributed by atoms with Crippen LogP contribution >= 0.6 is 0 Å². The number of fused-ring (bicyclic) bond motifs is 5. The number of allylic oxidation sites excluding steroid dienone is 2. The van der Waals surface area contributed by atoms with Crippen LogP contribution in [0.15, 0.2) is 34.9 Å². The fraction of sp³-hybridized carbons (Fsp3) is 0.680. The van der Waals surface area contributed by atoms with E-state index >= 15 is 0 Å². The van der Waals surface area contributed by atoms with Crippen molar-refractivity contribution in [1.29, 1.82) is 0 Å². The van der Waals surface area contributed by atoms with Crippen molar-refractivity contribution in [2.75, 3.05) is 0 Å². The molecular weight excluding hydrogens is 444 g/mol. The van der Waals surface area contributed by atoms with E-state index in [1.807, 2.05) is 33.8 Å². The van der Waals surface area contributed by atoms with Gasteiger partial charge in [0, 0.05) is 35.3 Å². The van der Waals surface area contributed by atoms with Crippen molar-refractivity contribution in [2.24, 2.45) is 17.3 Å². The lowest BCUT2D eigenvalue weighted by molar-refractivity contribution is -0.169. The maximum absolute atomic E-state index is 12.8. The highest BCUT2D eigenvalue weighted by atomic mass is 32.2. The Bertz CT molecular complexity index is 933. The fourth-order valence-electron chi connectivity index (χ4n) is 5.48. The van der Waals surface area contributed by atoms with Crippen LogP contribution in [0.5, 0.6) is 0 Å². The summed E-state index contributed by atoms with van der Waals surface area (Å²) in [5, 5.41) is 0. The minimum atomic E-state index is -1.96. The van der Waals surface area contributed by atoms with Gasteiger partial charge < -0.3 is 9.47 Å². The highest BCUT2D eigenvalue weighted by molar-refractivity contribution is 7.75. The molecule has 1 saturated carbocycles. The first-order valence-corrected chi connectivity index (χ1v) is 12.5. The first kappa shape index (κ1) is 25.8. The van der Waals surface area contributed by atoms with E-state index in [9.17, 15) is 13.8 Å². The second kappa shape index (κ2) is 9.47. The minimum Gasteiger partial charge on any atom is -0.458 e. The Morgan fingerprint density at radius 3 is 2.27 bits per heavy atom. The number of carbonyl (C=O) groups excluding carboxylic acids is 2. The molecule has 2 aliphatic carbocycles. The fourth-order valence-corrected chi connectivity index (χ4v) is 6.60. The molecule has 33 heavy (non-hydrogen) atoms. The van der Waals surface area contributed by atoms with Crippen molar-refractivity contribution >= 4 is 23.3 Å². The molecule has 1 saturated heterocycles. The molecule has 7 atom stereocenters. The van der Waals surface area contributed by atoms with Gasteiger partial charge in [-0.25, -0.2) is 9.59 Å². The van der Waals surface area contributed by atoms with Crippen LogP contribution < -0.4 is 0 Å². The monoisotopic (exact) mass is 480 g/mol. The second-order valence-corrected chi connectivity index (χ2v) is 10.7. The Morgan fingerprint density at radius 2 is 1.73 bits per heavy atom. The third-order valence-electron chi connectivity index (χ3n) is 7.74. The van der Waals surface area contributed by atoms with E-state index in [2.05, 4.69) is 0 Å².